The number of piperidine rings is 1. The molecule has 1 fully saturated rings. The Balaban J connectivity index is 2.12. The second kappa shape index (κ2) is 10.0. The molecule has 2 heterocycles. The van der Waals surface area contributed by atoms with E-state index in [4.69, 9.17) is 14.6 Å². The lowest BCUT2D eigenvalue weighted by molar-refractivity contribution is -0.133. The number of benzene rings is 1. The summed E-state index contributed by atoms with van der Waals surface area (Å²) in [5.74, 6) is -2.97. The minimum absolute atomic E-state index is 0.116. The summed E-state index contributed by atoms with van der Waals surface area (Å²) in [6.45, 7) is 1.41. The van der Waals surface area contributed by atoms with E-state index in [-0.39, 0.29) is 22.9 Å². The Morgan fingerprint density at radius 2 is 2.10 bits per heavy atom. The number of carboxylic acid groups (broad SMARTS) is 2. The van der Waals surface area contributed by atoms with Crippen molar-refractivity contribution in [1.29, 1.82) is 0 Å². The van der Waals surface area contributed by atoms with Crippen LogP contribution in [0.15, 0.2) is 42.6 Å². The topological polar surface area (TPSA) is 118 Å². The number of halogens is 1. The largest absolute Gasteiger partial charge is 0.493 e. The maximum Gasteiger partial charge on any atom is 0.336 e. The molecule has 1 aliphatic rings. The highest BCUT2D eigenvalue weighted by atomic mass is 19.1. The molecule has 31 heavy (non-hydrogen) atoms. The molecule has 3 rings (SSSR count). The first-order chi connectivity index (χ1) is 14.9. The molecule has 0 amide bonds. The Morgan fingerprint density at radius 1 is 1.29 bits per heavy atom. The molecule has 0 radical (unpaired) electrons. The zero-order chi connectivity index (χ0) is 22.4. The van der Waals surface area contributed by atoms with Crippen LogP contribution in [-0.4, -0.2) is 47.3 Å². The van der Waals surface area contributed by atoms with Crippen molar-refractivity contribution in [2.45, 2.75) is 18.9 Å². The molecule has 9 heteroatoms. The van der Waals surface area contributed by atoms with Gasteiger partial charge < -0.3 is 25.0 Å². The third-order valence-corrected chi connectivity index (χ3v) is 5.04. The summed E-state index contributed by atoms with van der Waals surface area (Å²) in [4.78, 5) is 27.4. The Bertz CT molecular complexity index is 988. The van der Waals surface area contributed by atoms with Gasteiger partial charge in [0.15, 0.2) is 11.5 Å². The Hall–Kier alpha value is -3.46. The van der Waals surface area contributed by atoms with Crippen LogP contribution in [-0.2, 0) is 9.59 Å². The van der Waals surface area contributed by atoms with Gasteiger partial charge in [0.25, 0.3) is 0 Å². The Kier molecular flexibility index (Phi) is 7.19. The van der Waals surface area contributed by atoms with E-state index in [9.17, 15) is 19.1 Å². The third kappa shape index (κ3) is 5.37. The number of nitrogens with zero attached hydrogens (tertiary/aromatic N) is 1. The van der Waals surface area contributed by atoms with Crippen molar-refractivity contribution in [1.82, 2.24) is 10.3 Å². The standard InChI is InChI=1S/C22H23FN2O6/c1-30-17-7-6-14(23)10-18(17)31-21(13-4-2-8-24-12-13)20-15(5-3-9-25-20)16(22(28)29)11-19(26)27/h3,5-7,9-11,13,21,24H,2,4,8,12H2,1H3,(H,26,27)(H,28,29)/b16-11+. The molecule has 0 aliphatic carbocycles. The SMILES string of the molecule is COc1ccc(F)cc1OC(c1ncccc1/C(=C\C(=O)O)C(=O)O)C1CCCNC1. The molecule has 2 aromatic rings. The highest BCUT2D eigenvalue weighted by molar-refractivity contribution is 6.19. The fourth-order valence-corrected chi connectivity index (χ4v) is 3.64. The van der Waals surface area contributed by atoms with E-state index >= 15 is 0 Å². The lowest BCUT2D eigenvalue weighted by Gasteiger charge is -2.32. The van der Waals surface area contributed by atoms with Crippen LogP contribution in [0.5, 0.6) is 11.5 Å². The molecule has 1 aliphatic heterocycles. The highest BCUT2D eigenvalue weighted by Crippen LogP contribution is 2.38. The third-order valence-electron chi connectivity index (χ3n) is 5.04. The van der Waals surface area contributed by atoms with Crippen LogP contribution in [0.2, 0.25) is 0 Å². The van der Waals surface area contributed by atoms with E-state index in [1.54, 1.807) is 0 Å². The monoisotopic (exact) mass is 430 g/mol. The lowest BCUT2D eigenvalue weighted by atomic mass is 9.88. The van der Waals surface area contributed by atoms with E-state index in [2.05, 4.69) is 10.3 Å². The predicted molar refractivity (Wildman–Crippen MR) is 109 cm³/mol. The molecular formula is C22H23FN2O6. The number of carboxylic acids is 2. The summed E-state index contributed by atoms with van der Waals surface area (Å²) < 4.78 is 25.4. The zero-order valence-electron chi connectivity index (χ0n) is 16.9. The maximum atomic E-state index is 13.9. The molecule has 2 unspecified atom stereocenters. The van der Waals surface area contributed by atoms with Crippen molar-refractivity contribution in [3.63, 3.8) is 0 Å². The summed E-state index contributed by atoms with van der Waals surface area (Å²) in [5, 5.41) is 22.0. The average Bonchev–Trinajstić information content (AvgIpc) is 2.76. The molecule has 8 nitrogen and oxygen atoms in total. The van der Waals surface area contributed by atoms with Gasteiger partial charge in [-0.3, -0.25) is 4.98 Å². The second-order valence-corrected chi connectivity index (χ2v) is 7.08. The van der Waals surface area contributed by atoms with Gasteiger partial charge in [-0.25, -0.2) is 14.0 Å². The van der Waals surface area contributed by atoms with Crippen LogP contribution in [0.25, 0.3) is 5.57 Å². The molecule has 3 N–H and O–H groups in total. The number of hydrogen-bond acceptors (Lipinski definition) is 6. The predicted octanol–water partition coefficient (Wildman–Crippen LogP) is 2.90. The first-order valence-electron chi connectivity index (χ1n) is 9.74. The van der Waals surface area contributed by atoms with Crippen molar-refractivity contribution in [2.24, 2.45) is 5.92 Å². The number of carbonyl (C=O) groups is 2. The fourth-order valence-electron chi connectivity index (χ4n) is 3.64. The van der Waals surface area contributed by atoms with Crippen molar-refractivity contribution in [3.8, 4) is 11.5 Å². The number of ether oxygens (including phenoxy) is 2. The van der Waals surface area contributed by atoms with E-state index < -0.39 is 29.4 Å². The number of aromatic nitrogens is 1. The van der Waals surface area contributed by atoms with Crippen molar-refractivity contribution in [2.75, 3.05) is 20.2 Å². The number of aliphatic carboxylic acids is 2. The lowest BCUT2D eigenvalue weighted by Crippen LogP contribution is -2.36. The minimum Gasteiger partial charge on any atom is -0.493 e. The summed E-state index contributed by atoms with van der Waals surface area (Å²) >= 11 is 0. The first-order valence-corrected chi connectivity index (χ1v) is 9.74. The molecule has 0 spiro atoms. The second-order valence-electron chi connectivity index (χ2n) is 7.08. The molecule has 164 valence electrons. The highest BCUT2D eigenvalue weighted by Gasteiger charge is 2.32. The first kappa shape index (κ1) is 22.2. The van der Waals surface area contributed by atoms with Gasteiger partial charge in [-0.1, -0.05) is 6.07 Å². The van der Waals surface area contributed by atoms with Gasteiger partial charge >= 0.3 is 11.9 Å². The van der Waals surface area contributed by atoms with Gasteiger partial charge in [-0.05, 0) is 37.6 Å². The fraction of sp³-hybridized carbons (Fsp3) is 0.318. The van der Waals surface area contributed by atoms with Gasteiger partial charge in [0.1, 0.15) is 11.9 Å². The summed E-state index contributed by atoms with van der Waals surface area (Å²) in [5.41, 5.74) is -0.0278. The molecule has 1 saturated heterocycles. The molecule has 0 saturated carbocycles. The average molecular weight is 430 g/mol. The van der Waals surface area contributed by atoms with Crippen LogP contribution in [0.4, 0.5) is 4.39 Å². The van der Waals surface area contributed by atoms with E-state index in [1.165, 1.54) is 43.6 Å². The van der Waals surface area contributed by atoms with Crippen LogP contribution in [0, 0.1) is 11.7 Å². The molecule has 2 atom stereocenters. The number of nitrogens with one attached hydrogen (secondary N) is 1. The number of hydrogen-bond donors (Lipinski definition) is 3. The van der Waals surface area contributed by atoms with Gasteiger partial charge in [0.05, 0.1) is 18.4 Å². The zero-order valence-corrected chi connectivity index (χ0v) is 16.9. The Labute approximate surface area is 178 Å². The summed E-state index contributed by atoms with van der Waals surface area (Å²) in [6.07, 6.45) is 2.97. The van der Waals surface area contributed by atoms with Crippen LogP contribution < -0.4 is 14.8 Å². The Morgan fingerprint density at radius 3 is 2.74 bits per heavy atom. The quantitative estimate of drug-likeness (QED) is 0.547. The molecular weight excluding hydrogens is 407 g/mol. The van der Waals surface area contributed by atoms with Crippen LogP contribution >= 0.6 is 0 Å². The number of rotatable bonds is 8. The smallest absolute Gasteiger partial charge is 0.336 e. The van der Waals surface area contributed by atoms with Crippen molar-refractivity contribution >= 4 is 17.5 Å². The van der Waals surface area contributed by atoms with E-state index in [0.717, 1.165) is 19.4 Å². The minimum atomic E-state index is -1.40. The number of pyridine rings is 1. The van der Waals surface area contributed by atoms with Gasteiger partial charge in [0, 0.05) is 36.4 Å². The van der Waals surface area contributed by atoms with E-state index in [0.29, 0.717) is 18.4 Å². The van der Waals surface area contributed by atoms with E-state index in [1.807, 2.05) is 0 Å². The normalized spacial score (nSPS) is 17.6. The van der Waals surface area contributed by atoms with Crippen molar-refractivity contribution in [3.05, 3.63) is 59.7 Å². The molecule has 0 bridgehead atoms. The summed E-state index contributed by atoms with van der Waals surface area (Å²) in [7, 11) is 1.43. The molecule has 1 aromatic carbocycles. The van der Waals surface area contributed by atoms with Crippen LogP contribution in [0.1, 0.15) is 30.2 Å². The number of methoxy groups -OCH3 is 1. The van der Waals surface area contributed by atoms with Gasteiger partial charge in [-0.15, -0.1) is 0 Å². The summed E-state index contributed by atoms with van der Waals surface area (Å²) in [6, 6.07) is 6.88. The van der Waals surface area contributed by atoms with Gasteiger partial charge in [0.2, 0.25) is 0 Å². The van der Waals surface area contributed by atoms with Crippen molar-refractivity contribution < 1.29 is 33.7 Å². The van der Waals surface area contributed by atoms with Crippen LogP contribution in [0.3, 0.4) is 0 Å². The maximum absolute atomic E-state index is 13.9. The molecule has 1 aromatic heterocycles. The van der Waals surface area contributed by atoms with Gasteiger partial charge in [-0.2, -0.15) is 0 Å².